The standard InChI is InChI=1S/C25H35N4P.F6P/c1-17-15-18(2)23(19(3)16-17)20-13-14-29(27-20)22-12-10-11-21(26-22)28-30(24(4,5)6)25(7,8)9;1-7(2,3,4,5)6/h10-16H,1-9H3,(H,26,28);/q;-1/p+1. The zero-order valence-electron chi connectivity index (χ0n) is 22.6. The Kier molecular flexibility index (Phi) is 8.00. The van der Waals surface area contributed by atoms with Gasteiger partial charge in [-0.05, 0) is 91.6 Å². The molecule has 12 heteroatoms. The molecular formula is C25H36F6N4P2. The monoisotopic (exact) mass is 568 g/mol. The molecule has 2 heterocycles. The third-order valence-electron chi connectivity index (χ3n) is 5.24. The summed E-state index contributed by atoms with van der Waals surface area (Å²) in [4.78, 5) is 4.89. The number of nitrogens with one attached hydrogen (secondary N) is 1. The van der Waals surface area contributed by atoms with E-state index in [9.17, 15) is 25.2 Å². The zero-order valence-corrected chi connectivity index (χ0v) is 24.5. The summed E-state index contributed by atoms with van der Waals surface area (Å²) in [5.74, 6) is 1.75. The van der Waals surface area contributed by atoms with E-state index in [4.69, 9.17) is 10.1 Å². The van der Waals surface area contributed by atoms with Crippen molar-refractivity contribution in [3.05, 3.63) is 59.3 Å². The van der Waals surface area contributed by atoms with Gasteiger partial charge in [0.1, 0.15) is 8.07 Å². The SMILES string of the molecule is Cc1cc(C)c(-c2ccn(-c3cccc(N[PH+](C(C)(C)C)C(C)(C)C)n3)n2)c(C)c1.F[P-](F)(F)(F)(F)F. The van der Waals surface area contributed by atoms with Gasteiger partial charge in [-0.2, -0.15) is 5.10 Å². The minimum absolute atomic E-state index is 0.208. The van der Waals surface area contributed by atoms with E-state index in [-0.39, 0.29) is 10.3 Å². The summed E-state index contributed by atoms with van der Waals surface area (Å²) < 4.78 is 61.1. The first-order chi connectivity index (χ1) is 16.3. The van der Waals surface area contributed by atoms with Crippen LogP contribution in [0.3, 0.4) is 0 Å². The number of anilines is 1. The van der Waals surface area contributed by atoms with Crippen LogP contribution in [0.4, 0.5) is 31.0 Å². The molecule has 208 valence electrons. The van der Waals surface area contributed by atoms with Crippen LogP contribution in [0, 0.1) is 20.8 Å². The van der Waals surface area contributed by atoms with Crippen molar-refractivity contribution in [3.63, 3.8) is 0 Å². The summed E-state index contributed by atoms with van der Waals surface area (Å²) in [5, 5.41) is 9.05. The van der Waals surface area contributed by atoms with Crippen LogP contribution in [0.1, 0.15) is 58.2 Å². The molecule has 0 saturated carbocycles. The molecule has 0 aliphatic carbocycles. The molecule has 4 nitrogen and oxygen atoms in total. The average Bonchev–Trinajstić information content (AvgIpc) is 3.11. The predicted molar refractivity (Wildman–Crippen MR) is 146 cm³/mol. The fraction of sp³-hybridized carbons (Fsp3) is 0.440. The van der Waals surface area contributed by atoms with Crippen molar-refractivity contribution in [2.24, 2.45) is 0 Å². The van der Waals surface area contributed by atoms with Crippen molar-refractivity contribution in [2.75, 3.05) is 5.09 Å². The summed E-state index contributed by atoms with van der Waals surface area (Å²) in [5.41, 5.74) is 5.98. The number of benzene rings is 1. The molecule has 0 unspecified atom stereocenters. The van der Waals surface area contributed by atoms with Crippen LogP contribution in [0.25, 0.3) is 17.1 Å². The Labute approximate surface area is 215 Å². The molecule has 0 aliphatic rings. The van der Waals surface area contributed by atoms with E-state index in [1.54, 1.807) is 0 Å². The van der Waals surface area contributed by atoms with Gasteiger partial charge in [-0.25, -0.2) is 14.8 Å². The van der Waals surface area contributed by atoms with E-state index in [1.165, 1.54) is 22.3 Å². The third-order valence-corrected chi connectivity index (χ3v) is 8.75. The van der Waals surface area contributed by atoms with Gasteiger partial charge in [0.25, 0.3) is 0 Å². The molecule has 3 rings (SSSR count). The number of aromatic nitrogens is 3. The van der Waals surface area contributed by atoms with Crippen LogP contribution < -0.4 is 5.09 Å². The summed E-state index contributed by atoms with van der Waals surface area (Å²) in [6, 6.07) is 12.6. The summed E-state index contributed by atoms with van der Waals surface area (Å²) in [6.45, 7) is 20.3. The number of aryl methyl sites for hydroxylation is 3. The minimum atomic E-state index is -10.7. The maximum absolute atomic E-state index is 10.7. The number of hydrogen-bond donors (Lipinski definition) is 1. The van der Waals surface area contributed by atoms with Crippen LogP contribution in [0.2, 0.25) is 0 Å². The van der Waals surface area contributed by atoms with Crippen molar-refractivity contribution in [1.29, 1.82) is 0 Å². The third kappa shape index (κ3) is 10.6. The van der Waals surface area contributed by atoms with Gasteiger partial charge in [0.2, 0.25) is 0 Å². The van der Waals surface area contributed by atoms with Crippen molar-refractivity contribution in [1.82, 2.24) is 14.8 Å². The quantitative estimate of drug-likeness (QED) is 0.252. The van der Waals surface area contributed by atoms with Gasteiger partial charge in [0.05, 0.1) is 16.0 Å². The number of pyridine rings is 1. The molecule has 0 fully saturated rings. The fourth-order valence-electron chi connectivity index (χ4n) is 4.42. The Balaban J connectivity index is 0.000000604. The van der Waals surface area contributed by atoms with Gasteiger partial charge < -0.3 is 0 Å². The van der Waals surface area contributed by atoms with Crippen molar-refractivity contribution in [3.8, 4) is 17.1 Å². The van der Waals surface area contributed by atoms with Gasteiger partial charge in [-0.1, -0.05) is 23.8 Å². The molecule has 2 aromatic heterocycles. The van der Waals surface area contributed by atoms with E-state index < -0.39 is 15.9 Å². The molecule has 0 aliphatic heterocycles. The summed E-state index contributed by atoms with van der Waals surface area (Å²) >= 11 is 0. The maximum atomic E-state index is 9.87. The van der Waals surface area contributed by atoms with Crippen LogP contribution in [-0.2, 0) is 0 Å². The van der Waals surface area contributed by atoms with Crippen LogP contribution in [0.5, 0.6) is 0 Å². The first-order valence-electron chi connectivity index (χ1n) is 11.6. The molecule has 0 saturated heterocycles. The Hall–Kier alpha value is -2.18. The number of rotatable bonds is 4. The fourth-order valence-corrected chi connectivity index (χ4v) is 7.81. The Morgan fingerprint density at radius 1 is 0.811 bits per heavy atom. The van der Waals surface area contributed by atoms with E-state index in [0.717, 1.165) is 17.3 Å². The number of halogens is 6. The number of nitrogens with zero attached hydrogens (tertiary/aromatic N) is 3. The van der Waals surface area contributed by atoms with E-state index >= 15 is 0 Å². The second kappa shape index (κ2) is 9.53. The first kappa shape index (κ1) is 31.0. The molecule has 0 amide bonds. The molecule has 1 aromatic carbocycles. The first-order valence-corrected chi connectivity index (χ1v) is 15.2. The average molecular weight is 569 g/mol. The summed E-state index contributed by atoms with van der Waals surface area (Å²) in [7, 11) is -11.6. The second-order valence-electron chi connectivity index (χ2n) is 11.3. The molecule has 0 radical (unpaired) electrons. The van der Waals surface area contributed by atoms with Crippen LogP contribution in [-0.4, -0.2) is 25.1 Å². The predicted octanol–water partition coefficient (Wildman–Crippen LogP) is 10.4. The molecule has 37 heavy (non-hydrogen) atoms. The van der Waals surface area contributed by atoms with Gasteiger partial charge in [0, 0.05) is 11.8 Å². The molecule has 0 bridgehead atoms. The van der Waals surface area contributed by atoms with E-state index in [0.29, 0.717) is 0 Å². The van der Waals surface area contributed by atoms with Crippen molar-refractivity contribution in [2.45, 2.75) is 72.6 Å². The molecule has 0 atom stereocenters. The number of hydrogen-bond acceptors (Lipinski definition) is 3. The van der Waals surface area contributed by atoms with Crippen LogP contribution >= 0.6 is 15.9 Å². The van der Waals surface area contributed by atoms with E-state index in [2.05, 4.69) is 97.7 Å². The van der Waals surface area contributed by atoms with Crippen LogP contribution in [0.15, 0.2) is 42.6 Å². The second-order valence-corrected chi connectivity index (χ2v) is 17.2. The van der Waals surface area contributed by atoms with Gasteiger partial charge in [0.15, 0.2) is 11.6 Å². The van der Waals surface area contributed by atoms with Gasteiger partial charge in [-0.3, -0.25) is 0 Å². The topological polar surface area (TPSA) is 42.7 Å². The van der Waals surface area contributed by atoms with Gasteiger partial charge in [-0.15, -0.1) is 0 Å². The molecule has 1 N–H and O–H groups in total. The van der Waals surface area contributed by atoms with E-state index in [1.807, 2.05) is 16.9 Å². The Morgan fingerprint density at radius 2 is 1.30 bits per heavy atom. The summed E-state index contributed by atoms with van der Waals surface area (Å²) in [6.07, 6.45) is 2.00. The van der Waals surface area contributed by atoms with Gasteiger partial charge >= 0.3 is 33.0 Å². The zero-order chi connectivity index (χ0) is 28.7. The van der Waals surface area contributed by atoms with Crippen molar-refractivity contribution >= 4 is 21.7 Å². The molecular weight excluding hydrogens is 532 g/mol. The molecule has 0 spiro atoms. The normalized spacial score (nSPS) is 14.5. The Morgan fingerprint density at radius 3 is 1.76 bits per heavy atom. The Bertz CT molecular complexity index is 1210. The van der Waals surface area contributed by atoms with Crippen molar-refractivity contribution < 1.29 is 25.2 Å². The molecule has 3 aromatic rings.